The third-order valence-electron chi connectivity index (χ3n) is 4.08. The summed E-state index contributed by atoms with van der Waals surface area (Å²) in [5, 5.41) is 12.2. The second-order valence-electron chi connectivity index (χ2n) is 5.88. The number of carboxylic acids is 1. The number of methoxy groups -OCH3 is 1. The van der Waals surface area contributed by atoms with Crippen molar-refractivity contribution < 1.29 is 14.6 Å². The van der Waals surface area contributed by atoms with Crippen LogP contribution in [0.1, 0.15) is 6.92 Å². The van der Waals surface area contributed by atoms with Crippen LogP contribution in [0, 0.1) is 5.92 Å². The number of rotatable bonds is 6. The molecule has 0 radical (unpaired) electrons. The van der Waals surface area contributed by atoms with E-state index in [1.165, 1.54) is 6.33 Å². The Kier molecular flexibility index (Phi) is 4.85. The Balaban J connectivity index is 2.05. The van der Waals surface area contributed by atoms with E-state index in [0.717, 1.165) is 32.9 Å². The summed E-state index contributed by atoms with van der Waals surface area (Å²) in [5.74, 6) is 0.230. The highest BCUT2D eigenvalue weighted by Gasteiger charge is 2.19. The van der Waals surface area contributed by atoms with Crippen molar-refractivity contribution in [3.63, 3.8) is 0 Å². The first-order valence-electron chi connectivity index (χ1n) is 7.81. The van der Waals surface area contributed by atoms with E-state index in [1.807, 2.05) is 36.2 Å². The Morgan fingerprint density at radius 3 is 2.68 bits per heavy atom. The topological polar surface area (TPSA) is 75.6 Å². The first-order chi connectivity index (χ1) is 12.0. The predicted octanol–water partition coefficient (Wildman–Crippen LogP) is 3.52. The molecule has 3 rings (SSSR count). The number of aromatic nitrogens is 2. The maximum absolute atomic E-state index is 11.2. The molecule has 0 saturated heterocycles. The zero-order valence-corrected chi connectivity index (χ0v) is 15.1. The average molecular weight is 357 g/mol. The van der Waals surface area contributed by atoms with Gasteiger partial charge >= 0.3 is 5.97 Å². The Morgan fingerprint density at radius 2 is 2.04 bits per heavy atom. The van der Waals surface area contributed by atoms with E-state index < -0.39 is 11.9 Å². The third kappa shape index (κ3) is 3.41. The first kappa shape index (κ1) is 17.2. The minimum Gasteiger partial charge on any atom is -0.497 e. The normalized spacial score (nSPS) is 12.1. The molecule has 2 aromatic heterocycles. The van der Waals surface area contributed by atoms with Crippen LogP contribution in [0.3, 0.4) is 0 Å². The molecule has 2 heterocycles. The molecule has 1 atom stereocenters. The number of thiophene rings is 1. The second kappa shape index (κ2) is 7.06. The summed E-state index contributed by atoms with van der Waals surface area (Å²) in [6, 6.07) is 7.82. The Bertz CT molecular complexity index is 892. The van der Waals surface area contributed by atoms with E-state index >= 15 is 0 Å². The molecule has 1 unspecified atom stereocenters. The minimum absolute atomic E-state index is 0.374. The fourth-order valence-corrected chi connectivity index (χ4v) is 3.62. The SMILES string of the molecule is COc1ccc(-c2csc3ncnc(N(C)CC(C)C(=O)O)c23)cc1. The number of aliphatic carboxylic acids is 1. The van der Waals surface area contributed by atoms with Gasteiger partial charge in [-0.2, -0.15) is 0 Å². The Labute approximate surface area is 149 Å². The van der Waals surface area contributed by atoms with Crippen LogP contribution in [-0.4, -0.2) is 41.7 Å². The lowest BCUT2D eigenvalue weighted by atomic mass is 10.1. The number of carboxylic acid groups (broad SMARTS) is 1. The minimum atomic E-state index is -0.821. The molecule has 1 N–H and O–H groups in total. The van der Waals surface area contributed by atoms with Crippen LogP contribution in [0.2, 0.25) is 0 Å². The van der Waals surface area contributed by atoms with Gasteiger partial charge in [0.15, 0.2) is 0 Å². The number of hydrogen-bond donors (Lipinski definition) is 1. The van der Waals surface area contributed by atoms with Gasteiger partial charge in [-0.25, -0.2) is 9.97 Å². The fraction of sp³-hybridized carbons (Fsp3) is 0.278. The molecule has 130 valence electrons. The molecule has 6 nitrogen and oxygen atoms in total. The molecule has 0 spiro atoms. The number of benzene rings is 1. The van der Waals surface area contributed by atoms with Crippen molar-refractivity contribution in [2.75, 3.05) is 25.6 Å². The number of ether oxygens (including phenoxy) is 1. The highest BCUT2D eigenvalue weighted by molar-refractivity contribution is 7.17. The van der Waals surface area contributed by atoms with E-state index in [4.69, 9.17) is 9.84 Å². The quantitative estimate of drug-likeness (QED) is 0.727. The zero-order chi connectivity index (χ0) is 18.0. The van der Waals surface area contributed by atoms with Crippen LogP contribution >= 0.6 is 11.3 Å². The van der Waals surface area contributed by atoms with E-state index in [0.29, 0.717) is 6.54 Å². The smallest absolute Gasteiger partial charge is 0.308 e. The van der Waals surface area contributed by atoms with Gasteiger partial charge in [0.1, 0.15) is 22.7 Å². The van der Waals surface area contributed by atoms with Crippen molar-refractivity contribution >= 4 is 33.3 Å². The standard InChI is InChI=1S/C18H19N3O3S/c1-11(18(22)23)8-21(2)16-15-14(9-25-17(15)20-10-19-16)12-4-6-13(24-3)7-5-12/h4-7,9-11H,8H2,1-3H3,(H,22,23). The summed E-state index contributed by atoms with van der Waals surface area (Å²) in [6.07, 6.45) is 1.52. The van der Waals surface area contributed by atoms with Crippen LogP contribution in [0.5, 0.6) is 5.75 Å². The van der Waals surface area contributed by atoms with E-state index in [-0.39, 0.29) is 0 Å². The van der Waals surface area contributed by atoms with Gasteiger partial charge < -0.3 is 14.7 Å². The monoisotopic (exact) mass is 357 g/mol. The van der Waals surface area contributed by atoms with Crippen molar-refractivity contribution in [2.24, 2.45) is 5.92 Å². The molecule has 25 heavy (non-hydrogen) atoms. The van der Waals surface area contributed by atoms with Gasteiger partial charge in [0.05, 0.1) is 18.4 Å². The van der Waals surface area contributed by atoms with Crippen LogP contribution in [0.15, 0.2) is 36.0 Å². The number of carbonyl (C=O) groups is 1. The molecular weight excluding hydrogens is 338 g/mol. The first-order valence-corrected chi connectivity index (χ1v) is 8.69. The molecule has 0 amide bonds. The van der Waals surface area contributed by atoms with Crippen molar-refractivity contribution in [2.45, 2.75) is 6.92 Å². The van der Waals surface area contributed by atoms with Gasteiger partial charge in [0.2, 0.25) is 0 Å². The van der Waals surface area contributed by atoms with Crippen LogP contribution in [-0.2, 0) is 4.79 Å². The van der Waals surface area contributed by atoms with Gasteiger partial charge in [0, 0.05) is 24.5 Å². The lowest BCUT2D eigenvalue weighted by molar-refractivity contribution is -0.140. The second-order valence-corrected chi connectivity index (χ2v) is 6.73. The highest BCUT2D eigenvalue weighted by atomic mass is 32.1. The third-order valence-corrected chi connectivity index (χ3v) is 4.97. The molecule has 0 fully saturated rings. The van der Waals surface area contributed by atoms with Gasteiger partial charge in [-0.15, -0.1) is 11.3 Å². The Hall–Kier alpha value is -2.67. The van der Waals surface area contributed by atoms with Crippen molar-refractivity contribution in [3.05, 3.63) is 36.0 Å². The predicted molar refractivity (Wildman–Crippen MR) is 99.5 cm³/mol. The number of fused-ring (bicyclic) bond motifs is 1. The zero-order valence-electron chi connectivity index (χ0n) is 14.3. The lowest BCUT2D eigenvalue weighted by Gasteiger charge is -2.21. The summed E-state index contributed by atoms with van der Waals surface area (Å²) in [5.41, 5.74) is 2.08. The largest absolute Gasteiger partial charge is 0.497 e. The van der Waals surface area contributed by atoms with Crippen molar-refractivity contribution in [3.8, 4) is 16.9 Å². The van der Waals surface area contributed by atoms with E-state index in [9.17, 15) is 4.79 Å². The van der Waals surface area contributed by atoms with Gasteiger partial charge in [-0.05, 0) is 17.7 Å². The van der Waals surface area contributed by atoms with E-state index in [1.54, 1.807) is 25.4 Å². The molecule has 0 bridgehead atoms. The van der Waals surface area contributed by atoms with Gasteiger partial charge in [-0.1, -0.05) is 19.1 Å². The molecule has 0 aliphatic carbocycles. The summed E-state index contributed by atoms with van der Waals surface area (Å²) in [7, 11) is 3.50. The van der Waals surface area contributed by atoms with Crippen molar-refractivity contribution in [1.82, 2.24) is 9.97 Å². The number of hydrogen-bond acceptors (Lipinski definition) is 6. The molecule has 7 heteroatoms. The average Bonchev–Trinajstić information content (AvgIpc) is 3.05. The molecule has 1 aromatic carbocycles. The molecular formula is C18H19N3O3S. The summed E-state index contributed by atoms with van der Waals surface area (Å²) < 4.78 is 5.22. The molecule has 0 aliphatic rings. The van der Waals surface area contributed by atoms with Crippen molar-refractivity contribution in [1.29, 1.82) is 0 Å². The summed E-state index contributed by atoms with van der Waals surface area (Å²) in [6.45, 7) is 2.06. The van der Waals surface area contributed by atoms with Crippen LogP contribution < -0.4 is 9.64 Å². The van der Waals surface area contributed by atoms with E-state index in [2.05, 4.69) is 15.3 Å². The molecule has 3 aromatic rings. The van der Waals surface area contributed by atoms with Crippen LogP contribution in [0.4, 0.5) is 5.82 Å². The highest BCUT2D eigenvalue weighted by Crippen LogP contribution is 2.38. The maximum Gasteiger partial charge on any atom is 0.308 e. The maximum atomic E-state index is 11.2. The number of anilines is 1. The van der Waals surface area contributed by atoms with Gasteiger partial charge in [0.25, 0.3) is 0 Å². The molecule has 0 saturated carbocycles. The Morgan fingerprint density at radius 1 is 1.32 bits per heavy atom. The molecule has 0 aliphatic heterocycles. The van der Waals surface area contributed by atoms with Crippen LogP contribution in [0.25, 0.3) is 21.3 Å². The van der Waals surface area contributed by atoms with Gasteiger partial charge in [-0.3, -0.25) is 4.79 Å². The number of nitrogens with zero attached hydrogens (tertiary/aromatic N) is 3. The summed E-state index contributed by atoms with van der Waals surface area (Å²) >= 11 is 1.55. The fourth-order valence-electron chi connectivity index (χ4n) is 2.71. The summed E-state index contributed by atoms with van der Waals surface area (Å²) in [4.78, 5) is 22.7. The lowest BCUT2D eigenvalue weighted by Crippen LogP contribution is -2.29.